The zero-order valence-corrected chi connectivity index (χ0v) is 29.8. The number of aromatic hydroxyl groups is 1. The molecule has 6 atom stereocenters. The van der Waals surface area contributed by atoms with Crippen molar-refractivity contribution in [2.75, 3.05) is 42.9 Å². The Balaban J connectivity index is 0.998. The van der Waals surface area contributed by atoms with Crippen LogP contribution in [-0.4, -0.2) is 65.3 Å². The fraction of sp³-hybridized carbons (Fsp3) is 0.667. The number of phenols is 1. The monoisotopic (exact) mass is 686 g/mol. The molecule has 0 saturated heterocycles. The highest BCUT2D eigenvalue weighted by Gasteiger charge is 2.63. The first-order valence-electron chi connectivity index (χ1n) is 18.1. The lowest BCUT2D eigenvalue weighted by molar-refractivity contribution is -0.121. The molecule has 0 bridgehead atoms. The van der Waals surface area contributed by atoms with Gasteiger partial charge in [0.05, 0.1) is 12.7 Å². The van der Waals surface area contributed by atoms with Crippen molar-refractivity contribution in [1.29, 1.82) is 0 Å². The molecule has 2 aromatic carbocycles. The third-order valence-corrected chi connectivity index (χ3v) is 12.4. The van der Waals surface area contributed by atoms with Crippen molar-refractivity contribution in [3.63, 3.8) is 0 Å². The lowest BCUT2D eigenvalue weighted by Crippen LogP contribution is -2.46. The summed E-state index contributed by atoms with van der Waals surface area (Å²) >= 11 is 11.9. The van der Waals surface area contributed by atoms with Gasteiger partial charge in [-0.15, -0.1) is 23.2 Å². The van der Waals surface area contributed by atoms with E-state index < -0.39 is 11.5 Å². The van der Waals surface area contributed by atoms with E-state index in [0.717, 1.165) is 95.8 Å². The molecule has 2 saturated carbocycles. The third-order valence-electron chi connectivity index (χ3n) is 12.1. The van der Waals surface area contributed by atoms with Crippen molar-refractivity contribution in [2.45, 2.75) is 102 Å². The molecule has 0 aromatic heterocycles. The molecule has 3 aliphatic carbocycles. The molecule has 0 aliphatic heterocycles. The van der Waals surface area contributed by atoms with Crippen molar-refractivity contribution >= 4 is 34.8 Å². The van der Waals surface area contributed by atoms with Gasteiger partial charge in [-0.2, -0.15) is 0 Å². The maximum absolute atomic E-state index is 12.4. The largest absolute Gasteiger partial charge is 0.508 e. The molecule has 0 spiro atoms. The number of aliphatic hydroxyl groups excluding tert-OH is 2. The average Bonchev–Trinajstić information content (AvgIpc) is 3.30. The predicted molar refractivity (Wildman–Crippen MR) is 193 cm³/mol. The molecule has 5 rings (SSSR count). The molecule has 47 heavy (non-hydrogen) atoms. The van der Waals surface area contributed by atoms with Crippen LogP contribution >= 0.6 is 23.2 Å². The second-order valence-electron chi connectivity index (χ2n) is 14.9. The number of nitrogens with one attached hydrogen (secondary N) is 1. The fourth-order valence-corrected chi connectivity index (χ4v) is 9.94. The topological polar surface area (TPSA) is 93.0 Å². The first-order valence-corrected chi connectivity index (χ1v) is 19.1. The maximum Gasteiger partial charge on any atom is 0.220 e. The molecule has 3 unspecified atom stereocenters. The van der Waals surface area contributed by atoms with Crippen LogP contribution in [0.25, 0.3) is 0 Å². The molecule has 4 N–H and O–H groups in total. The average molecular weight is 688 g/mol. The first kappa shape index (κ1) is 36.3. The Bertz CT molecular complexity index is 1300. The Morgan fingerprint density at radius 1 is 1.00 bits per heavy atom. The van der Waals surface area contributed by atoms with Gasteiger partial charge in [0.25, 0.3) is 0 Å². The second-order valence-corrected chi connectivity index (χ2v) is 15.6. The van der Waals surface area contributed by atoms with E-state index in [0.29, 0.717) is 48.2 Å². The molecule has 3 aliphatic rings. The van der Waals surface area contributed by atoms with Crippen LogP contribution < -0.4 is 10.2 Å². The number of carbonyl (C=O) groups is 1. The molecule has 0 radical (unpaired) electrons. The number of phenolic OH excluding ortho intramolecular Hbond substituents is 1. The number of unbranched alkanes of at least 4 members (excludes halogenated alkanes) is 3. The van der Waals surface area contributed by atoms with Crippen molar-refractivity contribution in [3.05, 3.63) is 59.2 Å². The van der Waals surface area contributed by atoms with E-state index in [2.05, 4.69) is 47.5 Å². The highest BCUT2D eigenvalue weighted by Crippen LogP contribution is 2.66. The van der Waals surface area contributed by atoms with Crippen LogP contribution in [0.15, 0.2) is 42.5 Å². The number of fused-ring (bicyclic) bond motifs is 5. The summed E-state index contributed by atoms with van der Waals surface area (Å²) in [5.74, 6) is 3.01. The number of aryl methyl sites for hydroxylation is 2. The van der Waals surface area contributed by atoms with Crippen LogP contribution in [0.1, 0.15) is 100 Å². The van der Waals surface area contributed by atoms with Gasteiger partial charge in [-0.05, 0) is 122 Å². The Hall–Kier alpha value is -1.99. The minimum atomic E-state index is -0.481. The molecule has 1 amide bonds. The molecule has 260 valence electrons. The highest BCUT2D eigenvalue weighted by atomic mass is 35.5. The van der Waals surface area contributed by atoms with Crippen molar-refractivity contribution in [1.82, 2.24) is 5.32 Å². The summed E-state index contributed by atoms with van der Waals surface area (Å²) in [4.78, 5) is 14.6. The van der Waals surface area contributed by atoms with E-state index in [1.165, 1.54) is 16.7 Å². The van der Waals surface area contributed by atoms with Crippen molar-refractivity contribution in [2.24, 2.45) is 22.7 Å². The van der Waals surface area contributed by atoms with Crippen LogP contribution in [0.3, 0.4) is 0 Å². The van der Waals surface area contributed by atoms with Crippen molar-refractivity contribution in [3.8, 4) is 5.75 Å². The Morgan fingerprint density at radius 2 is 1.74 bits per heavy atom. The zero-order valence-electron chi connectivity index (χ0n) is 28.2. The van der Waals surface area contributed by atoms with E-state index in [4.69, 9.17) is 23.2 Å². The zero-order chi connectivity index (χ0) is 33.4. The van der Waals surface area contributed by atoms with Gasteiger partial charge in [0.2, 0.25) is 5.91 Å². The van der Waals surface area contributed by atoms with Gasteiger partial charge in [-0.25, -0.2) is 0 Å². The number of aliphatic hydroxyl groups is 2. The van der Waals surface area contributed by atoms with Crippen LogP contribution in [0.5, 0.6) is 5.75 Å². The standard InChI is InChI=1S/C39H56Cl2N2O4/c1-38-19-17-33-32-16-14-31(45)25-29(32)11-15-34(33)35(38)26-39(27-44,37(38)47)18-4-2-3-5-22-42-36(46)8-6-7-28-9-12-30(13-10-28)43(23-20-40)24-21-41/h9-10,12-14,16,25,33-35,37,44-45,47H,2-8,11,15,17-24,26-27H2,1H3,(H,42,46)/t33?,34?,35?,37-,38+,39-/m1/s1. The lowest BCUT2D eigenvalue weighted by Gasteiger charge is -2.50. The Morgan fingerprint density at radius 3 is 2.47 bits per heavy atom. The molecular formula is C39H56Cl2N2O4. The van der Waals surface area contributed by atoms with Gasteiger partial charge in [0, 0.05) is 48.9 Å². The summed E-state index contributed by atoms with van der Waals surface area (Å²) in [7, 11) is 0. The number of anilines is 1. The van der Waals surface area contributed by atoms with Gasteiger partial charge in [0.1, 0.15) is 5.75 Å². The SMILES string of the molecule is C[C@]12CCC3c4ccc(O)cc4CCC3C1C[C@@](CO)(CCCCCCNC(=O)CCCc1ccc(N(CCCl)CCCl)cc1)[C@@H]2O. The van der Waals surface area contributed by atoms with Gasteiger partial charge in [-0.3, -0.25) is 4.79 Å². The van der Waals surface area contributed by atoms with E-state index >= 15 is 0 Å². The number of hydrogen-bond acceptors (Lipinski definition) is 5. The summed E-state index contributed by atoms with van der Waals surface area (Å²) in [6, 6.07) is 14.4. The van der Waals surface area contributed by atoms with Gasteiger partial charge >= 0.3 is 0 Å². The smallest absolute Gasteiger partial charge is 0.220 e. The van der Waals surface area contributed by atoms with Crippen LogP contribution in [0, 0.1) is 22.7 Å². The summed E-state index contributed by atoms with van der Waals surface area (Å²) in [6.45, 7) is 4.56. The van der Waals surface area contributed by atoms with Crippen LogP contribution in [0.4, 0.5) is 5.69 Å². The molecule has 0 heterocycles. The number of alkyl halides is 2. The second kappa shape index (κ2) is 16.6. The minimum absolute atomic E-state index is 0.0445. The normalized spacial score (nSPS) is 27.9. The molecule has 6 nitrogen and oxygen atoms in total. The Kier molecular flexibility index (Phi) is 12.8. The number of nitrogens with zero attached hydrogens (tertiary/aromatic N) is 1. The summed E-state index contributed by atoms with van der Waals surface area (Å²) in [5.41, 5.74) is 4.45. The van der Waals surface area contributed by atoms with E-state index in [-0.39, 0.29) is 17.9 Å². The predicted octanol–water partition coefficient (Wildman–Crippen LogP) is 7.57. The van der Waals surface area contributed by atoms with Crippen molar-refractivity contribution < 1.29 is 20.1 Å². The highest BCUT2D eigenvalue weighted by molar-refractivity contribution is 6.18. The maximum atomic E-state index is 12.4. The quantitative estimate of drug-likeness (QED) is 0.102. The summed E-state index contributed by atoms with van der Waals surface area (Å²) in [6.07, 6.45) is 11.6. The van der Waals surface area contributed by atoms with Crippen LogP contribution in [-0.2, 0) is 17.6 Å². The first-order chi connectivity index (χ1) is 22.7. The summed E-state index contributed by atoms with van der Waals surface area (Å²) in [5, 5.41) is 35.6. The number of benzene rings is 2. The van der Waals surface area contributed by atoms with E-state index in [1.807, 2.05) is 12.1 Å². The van der Waals surface area contributed by atoms with Gasteiger partial charge in [0.15, 0.2) is 0 Å². The number of halogens is 2. The van der Waals surface area contributed by atoms with E-state index in [9.17, 15) is 20.1 Å². The number of rotatable bonds is 17. The van der Waals surface area contributed by atoms with Gasteiger partial charge in [-0.1, -0.05) is 44.4 Å². The molecule has 8 heteroatoms. The minimum Gasteiger partial charge on any atom is -0.508 e. The number of hydrogen-bond donors (Lipinski definition) is 4. The number of amides is 1. The third kappa shape index (κ3) is 8.25. The van der Waals surface area contributed by atoms with Gasteiger partial charge < -0.3 is 25.5 Å². The number of carbonyl (C=O) groups excluding carboxylic acids is 1. The Labute approximate surface area is 292 Å². The van der Waals surface area contributed by atoms with Crippen LogP contribution in [0.2, 0.25) is 0 Å². The fourth-order valence-electron chi connectivity index (χ4n) is 9.53. The van der Waals surface area contributed by atoms with E-state index in [1.54, 1.807) is 0 Å². The molecule has 2 fully saturated rings. The molecule has 2 aromatic rings. The molecular weight excluding hydrogens is 631 g/mol. The lowest BCUT2D eigenvalue weighted by atomic mass is 9.55. The summed E-state index contributed by atoms with van der Waals surface area (Å²) < 4.78 is 0.